The number of fused-ring (bicyclic) bond motifs is 1. The Kier molecular flexibility index (Phi) is 4.58. The molecule has 1 aromatic carbocycles. The Labute approximate surface area is 143 Å². The molecule has 24 heavy (non-hydrogen) atoms. The van der Waals surface area contributed by atoms with Crippen molar-refractivity contribution in [2.45, 2.75) is 31.3 Å². The Morgan fingerprint density at radius 2 is 1.92 bits per heavy atom. The average molecular weight is 330 g/mol. The Morgan fingerprint density at radius 1 is 1.12 bits per heavy atom. The molecule has 2 N–H and O–H groups in total. The molecule has 0 aliphatic carbocycles. The molecule has 2 saturated heterocycles. The van der Waals surface area contributed by atoms with Gasteiger partial charge in [0.15, 0.2) is 0 Å². The highest BCUT2D eigenvalue weighted by Gasteiger charge is 2.32. The summed E-state index contributed by atoms with van der Waals surface area (Å²) in [6, 6.07) is 9.08. The molecule has 0 saturated carbocycles. The number of amides is 2. The largest absolute Gasteiger partial charge is 0.381 e. The molecule has 3 aliphatic heterocycles. The van der Waals surface area contributed by atoms with Crippen LogP contribution >= 0.6 is 0 Å². The van der Waals surface area contributed by atoms with E-state index in [-0.39, 0.29) is 12.1 Å². The molecule has 2 fully saturated rings. The summed E-state index contributed by atoms with van der Waals surface area (Å²) in [5.74, 6) is 0. The number of anilines is 2. The first-order valence-corrected chi connectivity index (χ1v) is 9.05. The van der Waals surface area contributed by atoms with E-state index >= 15 is 0 Å². The molecule has 0 radical (unpaired) electrons. The van der Waals surface area contributed by atoms with Gasteiger partial charge < -0.3 is 20.3 Å². The second-order valence-corrected chi connectivity index (χ2v) is 6.82. The maximum atomic E-state index is 12.7. The number of rotatable bonds is 2. The lowest BCUT2D eigenvalue weighted by Gasteiger charge is -2.43. The van der Waals surface area contributed by atoms with E-state index in [1.54, 1.807) is 0 Å². The van der Waals surface area contributed by atoms with Gasteiger partial charge in [-0.15, -0.1) is 0 Å². The minimum absolute atomic E-state index is 0.0303. The highest BCUT2D eigenvalue weighted by atomic mass is 16.5. The predicted octanol–water partition coefficient (Wildman–Crippen LogP) is 1.56. The van der Waals surface area contributed by atoms with E-state index in [1.807, 2.05) is 11.0 Å². The molecule has 6 nitrogen and oxygen atoms in total. The molecule has 4 rings (SSSR count). The van der Waals surface area contributed by atoms with Crippen LogP contribution in [0, 0.1) is 0 Å². The molecule has 6 heteroatoms. The zero-order valence-electron chi connectivity index (χ0n) is 14.0. The quantitative estimate of drug-likeness (QED) is 0.864. The number of carbonyl (C=O) groups excluding carboxylic acids is 1. The van der Waals surface area contributed by atoms with Gasteiger partial charge in [-0.3, -0.25) is 4.90 Å². The summed E-state index contributed by atoms with van der Waals surface area (Å²) in [4.78, 5) is 17.1. The third-order valence-corrected chi connectivity index (χ3v) is 5.31. The zero-order chi connectivity index (χ0) is 16.4. The van der Waals surface area contributed by atoms with Gasteiger partial charge in [0, 0.05) is 44.9 Å². The highest BCUT2D eigenvalue weighted by molar-refractivity contribution is 5.97. The van der Waals surface area contributed by atoms with Crippen LogP contribution in [0.4, 0.5) is 16.2 Å². The van der Waals surface area contributed by atoms with Gasteiger partial charge in [-0.1, -0.05) is 12.1 Å². The monoisotopic (exact) mass is 330 g/mol. The minimum Gasteiger partial charge on any atom is -0.381 e. The molecule has 2 amide bonds. The highest BCUT2D eigenvalue weighted by Crippen LogP contribution is 2.35. The van der Waals surface area contributed by atoms with Crippen LogP contribution in [-0.2, 0) is 4.74 Å². The molecule has 1 aromatic rings. The summed E-state index contributed by atoms with van der Waals surface area (Å²) in [5.41, 5.74) is 2.20. The number of urea groups is 1. The number of hydrogen-bond donors (Lipinski definition) is 2. The number of ether oxygens (including phenoxy) is 1. The Bertz CT molecular complexity index is 582. The van der Waals surface area contributed by atoms with Crippen molar-refractivity contribution in [3.63, 3.8) is 0 Å². The molecular formula is C18H26N4O2. The Morgan fingerprint density at radius 3 is 2.67 bits per heavy atom. The molecule has 130 valence electrons. The summed E-state index contributed by atoms with van der Waals surface area (Å²) in [5, 5.41) is 6.47. The summed E-state index contributed by atoms with van der Waals surface area (Å²) < 4.78 is 5.51. The van der Waals surface area contributed by atoms with Gasteiger partial charge >= 0.3 is 6.03 Å². The standard InChI is InChI=1S/C18H26N4O2/c23-18(20-14-5-8-19-13-14)22-10-9-21(15-6-11-24-12-7-15)16-3-1-2-4-17(16)22/h1-4,14-15,19H,5-13H2,(H,20,23)/t14-/m1/s1. The van der Waals surface area contributed by atoms with Crippen LogP contribution in [-0.4, -0.2) is 57.5 Å². The number of nitrogens with zero attached hydrogens (tertiary/aromatic N) is 2. The number of para-hydroxylation sites is 2. The van der Waals surface area contributed by atoms with E-state index in [0.29, 0.717) is 6.04 Å². The van der Waals surface area contributed by atoms with Crippen LogP contribution in [0.5, 0.6) is 0 Å². The lowest BCUT2D eigenvalue weighted by atomic mass is 10.0. The van der Waals surface area contributed by atoms with Crippen LogP contribution in [0.15, 0.2) is 24.3 Å². The van der Waals surface area contributed by atoms with Crippen molar-refractivity contribution in [3.8, 4) is 0 Å². The average Bonchev–Trinajstić information content (AvgIpc) is 3.14. The van der Waals surface area contributed by atoms with Crippen molar-refractivity contribution >= 4 is 17.4 Å². The lowest BCUT2D eigenvalue weighted by molar-refractivity contribution is 0.0844. The minimum atomic E-state index is 0.0303. The fraction of sp³-hybridized carbons (Fsp3) is 0.611. The second kappa shape index (κ2) is 6.99. The molecule has 0 bridgehead atoms. The lowest BCUT2D eigenvalue weighted by Crippen LogP contribution is -2.53. The van der Waals surface area contributed by atoms with Gasteiger partial charge in [-0.05, 0) is 37.9 Å². The van der Waals surface area contributed by atoms with E-state index in [2.05, 4.69) is 33.7 Å². The first-order valence-electron chi connectivity index (χ1n) is 9.05. The Hall–Kier alpha value is -1.79. The van der Waals surface area contributed by atoms with Crippen molar-refractivity contribution in [3.05, 3.63) is 24.3 Å². The first kappa shape index (κ1) is 15.7. The maximum absolute atomic E-state index is 12.7. The maximum Gasteiger partial charge on any atom is 0.322 e. The van der Waals surface area contributed by atoms with E-state index in [0.717, 1.165) is 64.3 Å². The summed E-state index contributed by atoms with van der Waals surface area (Å²) in [6.45, 7) is 5.15. The molecule has 1 atom stereocenters. The smallest absolute Gasteiger partial charge is 0.322 e. The first-order chi connectivity index (χ1) is 11.8. The van der Waals surface area contributed by atoms with Crippen LogP contribution in [0.2, 0.25) is 0 Å². The van der Waals surface area contributed by atoms with Gasteiger partial charge in [-0.25, -0.2) is 4.79 Å². The van der Waals surface area contributed by atoms with Gasteiger partial charge in [-0.2, -0.15) is 0 Å². The molecule has 3 heterocycles. The van der Waals surface area contributed by atoms with Gasteiger partial charge in [0.2, 0.25) is 0 Å². The van der Waals surface area contributed by atoms with Crippen molar-refractivity contribution < 1.29 is 9.53 Å². The number of carbonyl (C=O) groups is 1. The molecule has 0 unspecified atom stereocenters. The third kappa shape index (κ3) is 3.08. The van der Waals surface area contributed by atoms with E-state index in [4.69, 9.17) is 4.74 Å². The summed E-state index contributed by atoms with van der Waals surface area (Å²) in [6.07, 6.45) is 3.14. The van der Waals surface area contributed by atoms with Gasteiger partial charge in [0.05, 0.1) is 11.4 Å². The number of nitrogens with one attached hydrogen (secondary N) is 2. The third-order valence-electron chi connectivity index (χ3n) is 5.31. The van der Waals surface area contributed by atoms with Crippen molar-refractivity contribution in [1.82, 2.24) is 10.6 Å². The molecular weight excluding hydrogens is 304 g/mol. The number of benzene rings is 1. The van der Waals surface area contributed by atoms with Crippen LogP contribution < -0.4 is 20.4 Å². The van der Waals surface area contributed by atoms with E-state index in [1.165, 1.54) is 5.69 Å². The fourth-order valence-electron chi connectivity index (χ4n) is 4.00. The van der Waals surface area contributed by atoms with Crippen LogP contribution in [0.25, 0.3) is 0 Å². The SMILES string of the molecule is O=C(N[C@@H]1CCNC1)N1CCN(C2CCOCC2)c2ccccc21. The molecule has 3 aliphatic rings. The van der Waals surface area contributed by atoms with Crippen LogP contribution in [0.3, 0.4) is 0 Å². The van der Waals surface area contributed by atoms with Gasteiger partial charge in [0.1, 0.15) is 0 Å². The van der Waals surface area contributed by atoms with Crippen molar-refractivity contribution in [1.29, 1.82) is 0 Å². The van der Waals surface area contributed by atoms with Gasteiger partial charge in [0.25, 0.3) is 0 Å². The van der Waals surface area contributed by atoms with E-state index < -0.39 is 0 Å². The topological polar surface area (TPSA) is 56.8 Å². The molecule has 0 spiro atoms. The predicted molar refractivity (Wildman–Crippen MR) is 94.8 cm³/mol. The zero-order valence-corrected chi connectivity index (χ0v) is 14.0. The summed E-state index contributed by atoms with van der Waals surface area (Å²) >= 11 is 0. The summed E-state index contributed by atoms with van der Waals surface area (Å²) in [7, 11) is 0. The normalized spacial score (nSPS) is 24.8. The van der Waals surface area contributed by atoms with Crippen molar-refractivity contribution in [2.24, 2.45) is 0 Å². The van der Waals surface area contributed by atoms with E-state index in [9.17, 15) is 4.79 Å². The second-order valence-electron chi connectivity index (χ2n) is 6.82. The fourth-order valence-corrected chi connectivity index (χ4v) is 4.00. The molecule has 0 aromatic heterocycles. The Balaban J connectivity index is 1.53. The number of hydrogen-bond acceptors (Lipinski definition) is 4. The van der Waals surface area contributed by atoms with Crippen molar-refractivity contribution in [2.75, 3.05) is 49.2 Å². The van der Waals surface area contributed by atoms with Crippen LogP contribution in [0.1, 0.15) is 19.3 Å².